The number of carbonyl (C=O) groups is 1. The average molecular weight is 397 g/mol. The van der Waals surface area contributed by atoms with Crippen molar-refractivity contribution in [2.75, 3.05) is 32.8 Å². The fraction of sp³-hybridized carbons (Fsp3) is 0.542. The second-order valence-electron chi connectivity index (χ2n) is 8.29. The Balaban J connectivity index is 1.29. The van der Waals surface area contributed by atoms with Crippen LogP contribution in [0.4, 0.5) is 0 Å². The molecule has 1 amide bonds. The fourth-order valence-corrected chi connectivity index (χ4v) is 4.71. The maximum absolute atomic E-state index is 12.6. The molecule has 2 heterocycles. The van der Waals surface area contributed by atoms with Gasteiger partial charge in [-0.3, -0.25) is 9.69 Å². The lowest BCUT2D eigenvalue weighted by atomic mass is 9.79. The zero-order valence-electron chi connectivity index (χ0n) is 17.2. The molecule has 0 bridgehead atoms. The van der Waals surface area contributed by atoms with Gasteiger partial charge in [0.15, 0.2) is 0 Å². The summed E-state index contributed by atoms with van der Waals surface area (Å²) < 4.78 is 11.5. The molecule has 0 unspecified atom stereocenters. The largest absolute Gasteiger partial charge is 0.461 e. The zero-order valence-corrected chi connectivity index (χ0v) is 17.2. The third kappa shape index (κ3) is 5.09. The fourth-order valence-electron chi connectivity index (χ4n) is 4.71. The van der Waals surface area contributed by atoms with Gasteiger partial charge in [0, 0.05) is 43.6 Å². The first-order valence-corrected chi connectivity index (χ1v) is 11.0. The van der Waals surface area contributed by atoms with Gasteiger partial charge in [-0.15, -0.1) is 0 Å². The Morgan fingerprint density at radius 2 is 1.76 bits per heavy atom. The van der Waals surface area contributed by atoms with E-state index in [4.69, 9.17) is 9.15 Å². The van der Waals surface area contributed by atoms with Crippen molar-refractivity contribution in [1.82, 2.24) is 10.2 Å². The van der Waals surface area contributed by atoms with E-state index in [1.54, 1.807) is 0 Å². The Bertz CT molecular complexity index is 774. The molecule has 1 saturated carbocycles. The summed E-state index contributed by atoms with van der Waals surface area (Å²) in [5, 5.41) is 3.24. The molecule has 1 aromatic carbocycles. The number of benzene rings is 1. The molecule has 2 aromatic rings. The highest BCUT2D eigenvalue weighted by Gasteiger charge is 2.38. The van der Waals surface area contributed by atoms with Crippen LogP contribution in [0.25, 0.3) is 11.3 Å². The molecule has 2 fully saturated rings. The van der Waals surface area contributed by atoms with Gasteiger partial charge in [-0.1, -0.05) is 49.6 Å². The Morgan fingerprint density at radius 3 is 2.52 bits per heavy atom. The number of carbonyl (C=O) groups excluding carboxylic acids is 1. The van der Waals surface area contributed by atoms with Crippen molar-refractivity contribution < 1.29 is 13.9 Å². The second kappa shape index (κ2) is 9.59. The van der Waals surface area contributed by atoms with Crippen molar-refractivity contribution >= 4 is 5.91 Å². The summed E-state index contributed by atoms with van der Waals surface area (Å²) in [6.45, 7) is 4.31. The molecule has 2 aliphatic rings. The van der Waals surface area contributed by atoms with Crippen molar-refractivity contribution in [3.63, 3.8) is 0 Å². The summed E-state index contributed by atoms with van der Waals surface area (Å²) in [7, 11) is 0. The van der Waals surface area contributed by atoms with Crippen LogP contribution < -0.4 is 5.32 Å². The maximum atomic E-state index is 12.6. The Labute approximate surface area is 173 Å². The molecule has 5 nitrogen and oxygen atoms in total. The molecule has 29 heavy (non-hydrogen) atoms. The molecular weight excluding hydrogens is 364 g/mol. The number of hydrogen-bond acceptors (Lipinski definition) is 4. The van der Waals surface area contributed by atoms with Crippen molar-refractivity contribution in [3.8, 4) is 11.3 Å². The smallest absolute Gasteiger partial charge is 0.220 e. The number of hydrogen-bond donors (Lipinski definition) is 1. The molecule has 1 saturated heterocycles. The minimum absolute atomic E-state index is 0.112. The third-order valence-corrected chi connectivity index (χ3v) is 6.40. The SMILES string of the molecule is O=C(CCc1ccc(-c2ccccc2)o1)NCC1(N2CCOCC2)CCCCC1. The van der Waals surface area contributed by atoms with Crippen molar-refractivity contribution in [2.45, 2.75) is 50.5 Å². The highest BCUT2D eigenvalue weighted by Crippen LogP contribution is 2.34. The first-order chi connectivity index (χ1) is 14.3. The standard InChI is InChI=1S/C24H32N2O3/c27-23(12-10-21-9-11-22(29-21)20-7-3-1-4-8-20)25-19-24(13-5-2-6-14-24)26-15-17-28-18-16-26/h1,3-4,7-9,11H,2,5-6,10,12-19H2,(H,25,27). The highest BCUT2D eigenvalue weighted by molar-refractivity contribution is 5.76. The van der Waals surface area contributed by atoms with Crippen LogP contribution in [-0.4, -0.2) is 49.2 Å². The Hall–Kier alpha value is -2.11. The third-order valence-electron chi connectivity index (χ3n) is 6.40. The van der Waals surface area contributed by atoms with Gasteiger partial charge in [-0.25, -0.2) is 0 Å². The van der Waals surface area contributed by atoms with Crippen LogP contribution in [0.3, 0.4) is 0 Å². The molecule has 0 spiro atoms. The molecule has 0 atom stereocenters. The van der Waals surface area contributed by atoms with E-state index < -0.39 is 0 Å². The van der Waals surface area contributed by atoms with E-state index in [1.807, 2.05) is 42.5 Å². The van der Waals surface area contributed by atoms with Crippen molar-refractivity contribution in [2.24, 2.45) is 0 Å². The summed E-state index contributed by atoms with van der Waals surface area (Å²) in [6.07, 6.45) is 7.24. The van der Waals surface area contributed by atoms with Gasteiger partial charge in [-0.05, 0) is 25.0 Å². The van der Waals surface area contributed by atoms with Crippen LogP contribution in [0.2, 0.25) is 0 Å². The van der Waals surface area contributed by atoms with Gasteiger partial charge < -0.3 is 14.5 Å². The lowest BCUT2D eigenvalue weighted by Gasteiger charge is -2.48. The minimum Gasteiger partial charge on any atom is -0.461 e. The van der Waals surface area contributed by atoms with E-state index in [0.717, 1.165) is 49.9 Å². The minimum atomic E-state index is 0.112. The maximum Gasteiger partial charge on any atom is 0.220 e. The number of morpholine rings is 1. The summed E-state index contributed by atoms with van der Waals surface area (Å²) in [4.78, 5) is 15.1. The first-order valence-electron chi connectivity index (χ1n) is 11.0. The quantitative estimate of drug-likeness (QED) is 0.768. The van der Waals surface area contributed by atoms with Crippen LogP contribution in [0, 0.1) is 0 Å². The number of nitrogens with zero attached hydrogens (tertiary/aromatic N) is 1. The molecule has 156 valence electrons. The Kier molecular flexibility index (Phi) is 6.67. The van der Waals surface area contributed by atoms with Crippen LogP contribution >= 0.6 is 0 Å². The number of furan rings is 1. The number of aryl methyl sites for hydroxylation is 1. The van der Waals surface area contributed by atoms with Crippen LogP contribution in [0.1, 0.15) is 44.3 Å². The van der Waals surface area contributed by atoms with Gasteiger partial charge in [0.2, 0.25) is 5.91 Å². The van der Waals surface area contributed by atoms with E-state index in [2.05, 4.69) is 10.2 Å². The summed E-state index contributed by atoms with van der Waals surface area (Å²) >= 11 is 0. The van der Waals surface area contributed by atoms with Crippen LogP contribution in [-0.2, 0) is 16.0 Å². The number of nitrogens with one attached hydrogen (secondary N) is 1. The van der Waals surface area contributed by atoms with Gasteiger partial charge >= 0.3 is 0 Å². The molecule has 4 rings (SSSR count). The molecular formula is C24H32N2O3. The summed E-state index contributed by atoms with van der Waals surface area (Å²) in [6, 6.07) is 14.0. The predicted octanol–water partition coefficient (Wildman–Crippen LogP) is 4.03. The van der Waals surface area contributed by atoms with E-state index in [1.165, 1.54) is 32.1 Å². The van der Waals surface area contributed by atoms with Gasteiger partial charge in [0.05, 0.1) is 13.2 Å². The van der Waals surface area contributed by atoms with Gasteiger partial charge in [0.1, 0.15) is 11.5 Å². The molecule has 1 aliphatic heterocycles. The number of amides is 1. The number of ether oxygens (including phenoxy) is 1. The van der Waals surface area contributed by atoms with E-state index in [0.29, 0.717) is 12.8 Å². The van der Waals surface area contributed by atoms with E-state index in [9.17, 15) is 4.79 Å². The second-order valence-corrected chi connectivity index (χ2v) is 8.29. The normalized spacial score (nSPS) is 19.7. The molecule has 5 heteroatoms. The monoisotopic (exact) mass is 396 g/mol. The molecule has 1 N–H and O–H groups in total. The molecule has 1 aromatic heterocycles. The van der Waals surface area contributed by atoms with Crippen molar-refractivity contribution in [1.29, 1.82) is 0 Å². The van der Waals surface area contributed by atoms with Gasteiger partial charge in [0.25, 0.3) is 0 Å². The summed E-state index contributed by atoms with van der Waals surface area (Å²) in [5.41, 5.74) is 1.18. The van der Waals surface area contributed by atoms with Crippen LogP contribution in [0.15, 0.2) is 46.9 Å². The van der Waals surface area contributed by atoms with Gasteiger partial charge in [-0.2, -0.15) is 0 Å². The molecule has 1 aliphatic carbocycles. The Morgan fingerprint density at radius 1 is 1.00 bits per heavy atom. The van der Waals surface area contributed by atoms with Crippen LogP contribution in [0.5, 0.6) is 0 Å². The lowest BCUT2D eigenvalue weighted by molar-refractivity contribution is -0.122. The van der Waals surface area contributed by atoms with E-state index >= 15 is 0 Å². The summed E-state index contributed by atoms with van der Waals surface area (Å²) in [5.74, 6) is 1.83. The van der Waals surface area contributed by atoms with Crippen molar-refractivity contribution in [3.05, 3.63) is 48.2 Å². The lowest BCUT2D eigenvalue weighted by Crippen LogP contribution is -2.59. The zero-order chi connectivity index (χ0) is 19.9. The highest BCUT2D eigenvalue weighted by atomic mass is 16.5. The first kappa shape index (κ1) is 20.2. The molecule has 0 radical (unpaired) electrons. The predicted molar refractivity (Wildman–Crippen MR) is 114 cm³/mol. The van der Waals surface area contributed by atoms with E-state index in [-0.39, 0.29) is 11.4 Å². The number of rotatable bonds is 7. The topological polar surface area (TPSA) is 54.7 Å². The average Bonchev–Trinajstić information content (AvgIpc) is 3.27.